The fourth-order valence-electron chi connectivity index (χ4n) is 5.49. The highest BCUT2D eigenvalue weighted by Crippen LogP contribution is 2.49. The van der Waals surface area contributed by atoms with Gasteiger partial charge >= 0.3 is 6.36 Å². The number of anilines is 2. The standard InChI is InChI=1S/C24H29F3N4O2/c1-22(2)10-16(11-23(3,14-22)15-32)13-31-20-8-9-28-12-19(20)30-21(31)29-17-4-6-18(7-5-17)33-24(25,26)27/h4-9,12,16,32H,10-11,13-15H2,1-3H3,(H,29,30). The van der Waals surface area contributed by atoms with Crippen LogP contribution in [0.3, 0.4) is 0 Å². The minimum atomic E-state index is -4.73. The first-order valence-corrected chi connectivity index (χ1v) is 11.0. The number of pyridine rings is 1. The summed E-state index contributed by atoms with van der Waals surface area (Å²) in [6.45, 7) is 7.48. The van der Waals surface area contributed by atoms with Gasteiger partial charge in [0.2, 0.25) is 5.95 Å². The molecule has 2 heterocycles. The summed E-state index contributed by atoms with van der Waals surface area (Å²) in [6, 6.07) is 7.49. The number of hydrogen-bond acceptors (Lipinski definition) is 5. The van der Waals surface area contributed by atoms with Crippen molar-refractivity contribution in [2.75, 3.05) is 11.9 Å². The first-order valence-electron chi connectivity index (χ1n) is 11.0. The largest absolute Gasteiger partial charge is 0.573 e. The molecule has 9 heteroatoms. The Morgan fingerprint density at radius 1 is 1.15 bits per heavy atom. The van der Waals surface area contributed by atoms with E-state index in [1.165, 1.54) is 24.3 Å². The van der Waals surface area contributed by atoms with E-state index in [0.29, 0.717) is 24.1 Å². The molecule has 3 aromatic rings. The number of aliphatic hydroxyl groups is 1. The SMILES string of the molecule is CC1(C)CC(Cn2c(Nc3ccc(OC(F)(F)F)cc3)nc3cnccc32)CC(C)(CO)C1. The smallest absolute Gasteiger partial charge is 0.406 e. The third-order valence-electron chi connectivity index (χ3n) is 6.25. The van der Waals surface area contributed by atoms with Crippen molar-refractivity contribution in [2.24, 2.45) is 16.7 Å². The summed E-state index contributed by atoms with van der Waals surface area (Å²) >= 11 is 0. The second-order valence-electron chi connectivity index (χ2n) is 10.2. The van der Waals surface area contributed by atoms with Crippen molar-refractivity contribution in [3.63, 3.8) is 0 Å². The van der Waals surface area contributed by atoms with Crippen molar-refractivity contribution in [1.29, 1.82) is 0 Å². The van der Waals surface area contributed by atoms with E-state index < -0.39 is 6.36 Å². The van der Waals surface area contributed by atoms with E-state index in [1.807, 2.05) is 6.07 Å². The van der Waals surface area contributed by atoms with Gasteiger partial charge in [-0.15, -0.1) is 13.2 Å². The molecule has 6 nitrogen and oxygen atoms in total. The number of benzene rings is 1. The molecule has 1 fully saturated rings. The van der Waals surface area contributed by atoms with E-state index in [1.54, 1.807) is 12.4 Å². The van der Waals surface area contributed by atoms with Gasteiger partial charge in [-0.1, -0.05) is 20.8 Å². The fraction of sp³-hybridized carbons (Fsp3) is 0.500. The minimum absolute atomic E-state index is 0.111. The predicted molar refractivity (Wildman–Crippen MR) is 120 cm³/mol. The number of fused-ring (bicyclic) bond motifs is 1. The van der Waals surface area contributed by atoms with Crippen molar-refractivity contribution < 1.29 is 23.0 Å². The summed E-state index contributed by atoms with van der Waals surface area (Å²) in [6.07, 6.45) is 1.58. The Morgan fingerprint density at radius 3 is 2.55 bits per heavy atom. The molecule has 2 atom stereocenters. The Morgan fingerprint density at radius 2 is 1.88 bits per heavy atom. The van der Waals surface area contributed by atoms with Gasteiger partial charge in [0.25, 0.3) is 0 Å². The maximum absolute atomic E-state index is 12.4. The Labute approximate surface area is 190 Å². The van der Waals surface area contributed by atoms with Crippen molar-refractivity contribution in [3.8, 4) is 5.75 Å². The van der Waals surface area contributed by atoms with E-state index in [4.69, 9.17) is 0 Å². The number of ether oxygens (including phenoxy) is 1. The maximum Gasteiger partial charge on any atom is 0.573 e. The topological polar surface area (TPSA) is 72.2 Å². The molecule has 178 valence electrons. The zero-order valence-electron chi connectivity index (χ0n) is 19.0. The quantitative estimate of drug-likeness (QED) is 0.477. The highest BCUT2D eigenvalue weighted by molar-refractivity contribution is 5.78. The van der Waals surface area contributed by atoms with Crippen LogP contribution in [-0.4, -0.2) is 32.6 Å². The zero-order valence-corrected chi connectivity index (χ0v) is 19.0. The van der Waals surface area contributed by atoms with Crippen LogP contribution >= 0.6 is 0 Å². The van der Waals surface area contributed by atoms with E-state index in [-0.39, 0.29) is 23.2 Å². The molecule has 2 aromatic heterocycles. The van der Waals surface area contributed by atoms with Gasteiger partial charge in [0.15, 0.2) is 0 Å². The molecule has 0 radical (unpaired) electrons. The summed E-state index contributed by atoms with van der Waals surface area (Å²) in [5.41, 5.74) is 2.24. The summed E-state index contributed by atoms with van der Waals surface area (Å²) in [7, 11) is 0. The number of imidazole rings is 1. The van der Waals surface area contributed by atoms with Crippen LogP contribution in [0.5, 0.6) is 5.75 Å². The Hall–Kier alpha value is -2.81. The lowest BCUT2D eigenvalue weighted by Crippen LogP contribution is -2.39. The predicted octanol–water partition coefficient (Wildman–Crippen LogP) is 5.90. The van der Waals surface area contributed by atoms with Crippen LogP contribution in [0, 0.1) is 16.7 Å². The Balaban J connectivity index is 1.61. The molecule has 1 aliphatic carbocycles. The highest BCUT2D eigenvalue weighted by atomic mass is 19.4. The average molecular weight is 463 g/mol. The van der Waals surface area contributed by atoms with Crippen LogP contribution in [-0.2, 0) is 6.54 Å². The number of aliphatic hydroxyl groups excluding tert-OH is 1. The second kappa shape index (κ2) is 8.52. The van der Waals surface area contributed by atoms with Gasteiger partial charge in [-0.3, -0.25) is 4.98 Å². The van der Waals surface area contributed by atoms with Gasteiger partial charge in [-0.25, -0.2) is 4.98 Å². The molecule has 0 saturated heterocycles. The van der Waals surface area contributed by atoms with Crippen LogP contribution in [0.1, 0.15) is 40.0 Å². The number of nitrogens with zero attached hydrogens (tertiary/aromatic N) is 3. The van der Waals surface area contributed by atoms with Gasteiger partial charge in [0.05, 0.1) is 11.7 Å². The summed E-state index contributed by atoms with van der Waals surface area (Å²) in [4.78, 5) is 8.84. The van der Waals surface area contributed by atoms with Crippen molar-refractivity contribution >= 4 is 22.7 Å². The molecule has 2 N–H and O–H groups in total. The van der Waals surface area contributed by atoms with Gasteiger partial charge < -0.3 is 19.7 Å². The van der Waals surface area contributed by atoms with Gasteiger partial charge in [0, 0.05) is 25.0 Å². The molecule has 4 rings (SSSR count). The fourth-order valence-corrected chi connectivity index (χ4v) is 5.49. The van der Waals surface area contributed by atoms with Crippen LogP contribution < -0.4 is 10.1 Å². The molecule has 0 amide bonds. The van der Waals surface area contributed by atoms with Crippen LogP contribution in [0.25, 0.3) is 11.0 Å². The third-order valence-corrected chi connectivity index (χ3v) is 6.25. The second-order valence-corrected chi connectivity index (χ2v) is 10.2. The van der Waals surface area contributed by atoms with Crippen LogP contribution in [0.4, 0.5) is 24.8 Å². The van der Waals surface area contributed by atoms with Crippen molar-refractivity contribution in [2.45, 2.75) is 52.9 Å². The summed E-state index contributed by atoms with van der Waals surface area (Å²) < 4.78 is 43.4. The molecular formula is C24H29F3N4O2. The zero-order chi connectivity index (χ0) is 23.9. The Kier molecular flexibility index (Phi) is 6.03. The van der Waals surface area contributed by atoms with Gasteiger partial charge in [-0.2, -0.15) is 0 Å². The molecule has 0 spiro atoms. The van der Waals surface area contributed by atoms with Gasteiger partial charge in [-0.05, 0) is 66.3 Å². The number of aromatic nitrogens is 3. The highest BCUT2D eigenvalue weighted by Gasteiger charge is 2.41. The maximum atomic E-state index is 12.4. The molecule has 0 bridgehead atoms. The number of halogens is 3. The molecule has 1 saturated carbocycles. The lowest BCUT2D eigenvalue weighted by atomic mass is 9.61. The molecule has 0 aliphatic heterocycles. The molecule has 1 aromatic carbocycles. The average Bonchev–Trinajstić information content (AvgIpc) is 3.04. The van der Waals surface area contributed by atoms with Crippen molar-refractivity contribution in [1.82, 2.24) is 14.5 Å². The molecule has 1 aliphatic rings. The number of hydrogen-bond donors (Lipinski definition) is 2. The molecule has 2 unspecified atom stereocenters. The first-order chi connectivity index (χ1) is 15.5. The monoisotopic (exact) mass is 462 g/mol. The third kappa shape index (κ3) is 5.58. The molecule has 33 heavy (non-hydrogen) atoms. The van der Waals surface area contributed by atoms with E-state index >= 15 is 0 Å². The van der Waals surface area contributed by atoms with E-state index in [2.05, 4.69) is 45.4 Å². The van der Waals surface area contributed by atoms with Crippen LogP contribution in [0.15, 0.2) is 42.7 Å². The number of alkyl halides is 3. The van der Waals surface area contributed by atoms with Crippen molar-refractivity contribution in [3.05, 3.63) is 42.7 Å². The first kappa shape index (κ1) is 23.4. The minimum Gasteiger partial charge on any atom is -0.406 e. The lowest BCUT2D eigenvalue weighted by molar-refractivity contribution is -0.274. The lowest BCUT2D eigenvalue weighted by Gasteiger charge is -2.46. The Bertz CT molecular complexity index is 1110. The van der Waals surface area contributed by atoms with Gasteiger partial charge in [0.1, 0.15) is 11.3 Å². The van der Waals surface area contributed by atoms with Crippen LogP contribution in [0.2, 0.25) is 0 Å². The molecular weight excluding hydrogens is 433 g/mol. The number of nitrogens with one attached hydrogen (secondary N) is 1. The normalized spacial score (nSPS) is 22.9. The summed E-state index contributed by atoms with van der Waals surface area (Å²) in [5, 5.41) is 13.3. The summed E-state index contributed by atoms with van der Waals surface area (Å²) in [5.74, 6) is 0.648. The number of rotatable bonds is 6. The van der Waals surface area contributed by atoms with E-state index in [9.17, 15) is 18.3 Å². The van der Waals surface area contributed by atoms with E-state index in [0.717, 1.165) is 30.3 Å².